The monoisotopic (exact) mass is 479 g/mol. The van der Waals surface area contributed by atoms with Crippen LogP contribution in [-0.2, 0) is 0 Å². The Labute approximate surface area is 219 Å². The summed E-state index contributed by atoms with van der Waals surface area (Å²) < 4.78 is 0. The SMILES string of the molecule is CC.Cc1ccc2ccc(B3c4ccccc4-c4ccccc43)cc2n1.Cc1ccc2cccnc2n1. The Bertz CT molecular complexity index is 1650. The average molecular weight is 479 g/mol. The van der Waals surface area contributed by atoms with Gasteiger partial charge in [-0.15, -0.1) is 0 Å². The van der Waals surface area contributed by atoms with Gasteiger partial charge in [-0.25, -0.2) is 9.97 Å². The van der Waals surface area contributed by atoms with Gasteiger partial charge in [0.15, 0.2) is 5.65 Å². The molecule has 0 unspecified atom stereocenters. The summed E-state index contributed by atoms with van der Waals surface area (Å²) in [4.78, 5) is 13.1. The highest BCUT2D eigenvalue weighted by atomic mass is 14.8. The molecule has 3 aromatic carbocycles. The summed E-state index contributed by atoms with van der Waals surface area (Å²) in [6.07, 6.45) is 1.76. The summed E-state index contributed by atoms with van der Waals surface area (Å²) in [7, 11) is 0. The van der Waals surface area contributed by atoms with E-state index < -0.39 is 0 Å². The first-order valence-electron chi connectivity index (χ1n) is 12.9. The van der Waals surface area contributed by atoms with Crippen molar-refractivity contribution in [3.63, 3.8) is 0 Å². The highest BCUT2D eigenvalue weighted by molar-refractivity contribution is 6.99. The molecule has 0 aliphatic carbocycles. The maximum absolute atomic E-state index is 4.72. The molecule has 3 aromatic heterocycles. The van der Waals surface area contributed by atoms with Crippen LogP contribution in [0.4, 0.5) is 0 Å². The second kappa shape index (κ2) is 10.8. The van der Waals surface area contributed by atoms with Gasteiger partial charge < -0.3 is 0 Å². The first-order chi connectivity index (χ1) is 18.2. The van der Waals surface area contributed by atoms with E-state index in [1.807, 2.05) is 52.0 Å². The highest BCUT2D eigenvalue weighted by Crippen LogP contribution is 2.23. The van der Waals surface area contributed by atoms with Crippen LogP contribution in [0.15, 0.2) is 109 Å². The van der Waals surface area contributed by atoms with Gasteiger partial charge in [0.1, 0.15) is 0 Å². The molecule has 0 atom stereocenters. The van der Waals surface area contributed by atoms with Crippen molar-refractivity contribution < 1.29 is 0 Å². The van der Waals surface area contributed by atoms with Crippen LogP contribution in [0.25, 0.3) is 33.1 Å². The maximum atomic E-state index is 4.72. The van der Waals surface area contributed by atoms with Crippen LogP contribution in [-0.4, -0.2) is 21.7 Å². The second-order valence-corrected chi connectivity index (χ2v) is 9.02. The molecule has 0 spiro atoms. The molecule has 3 nitrogen and oxygen atoms in total. The minimum Gasteiger partial charge on any atom is -0.253 e. The summed E-state index contributed by atoms with van der Waals surface area (Å²) in [6.45, 7) is 8.31. The third-order valence-electron chi connectivity index (χ3n) is 6.63. The lowest BCUT2D eigenvalue weighted by Crippen LogP contribution is -2.48. The average Bonchev–Trinajstić information content (AvgIpc) is 3.28. The number of aromatic nitrogens is 3. The van der Waals surface area contributed by atoms with Gasteiger partial charge in [0.05, 0.1) is 5.52 Å². The summed E-state index contributed by atoms with van der Waals surface area (Å²) in [6, 6.07) is 36.4. The van der Waals surface area contributed by atoms with E-state index in [1.165, 1.54) is 32.9 Å². The van der Waals surface area contributed by atoms with E-state index in [0.717, 1.165) is 27.9 Å². The molecule has 180 valence electrons. The Morgan fingerprint density at radius 1 is 0.568 bits per heavy atom. The number of nitrogens with zero attached hydrogens (tertiary/aromatic N) is 3. The molecule has 0 saturated carbocycles. The van der Waals surface area contributed by atoms with Gasteiger partial charge in [0.25, 0.3) is 0 Å². The van der Waals surface area contributed by atoms with Gasteiger partial charge in [-0.05, 0) is 61.4 Å². The van der Waals surface area contributed by atoms with E-state index >= 15 is 0 Å². The van der Waals surface area contributed by atoms with E-state index in [9.17, 15) is 0 Å². The number of benzene rings is 3. The van der Waals surface area contributed by atoms with Gasteiger partial charge in [0.2, 0.25) is 6.71 Å². The number of pyridine rings is 3. The largest absolute Gasteiger partial charge is 0.253 e. The van der Waals surface area contributed by atoms with Crippen LogP contribution in [0.2, 0.25) is 0 Å². The van der Waals surface area contributed by atoms with Gasteiger partial charge in [0, 0.05) is 28.4 Å². The molecule has 6 aromatic rings. The van der Waals surface area contributed by atoms with Crippen molar-refractivity contribution in [2.45, 2.75) is 27.7 Å². The van der Waals surface area contributed by atoms with Gasteiger partial charge >= 0.3 is 0 Å². The fraction of sp³-hybridized carbons (Fsp3) is 0.121. The maximum Gasteiger partial charge on any atom is 0.242 e. The Morgan fingerprint density at radius 2 is 1.16 bits per heavy atom. The third-order valence-corrected chi connectivity index (χ3v) is 6.63. The molecule has 1 aliphatic rings. The standard InChI is InChI=1S/C22H16BN.C9H8N2.C2H6/c1-15-10-11-16-12-13-17(14-22(16)24-15)23-20-8-4-2-6-18(20)19-7-3-5-9-21(19)23;1-7-4-5-8-3-2-6-10-9(8)11-7;1-2/h2-14H,1H3;2-6H,1H3;1-2H3. The molecule has 0 amide bonds. The topological polar surface area (TPSA) is 38.7 Å². The van der Waals surface area contributed by atoms with Crippen molar-refractivity contribution in [1.82, 2.24) is 15.0 Å². The molecule has 0 radical (unpaired) electrons. The predicted octanol–water partition coefficient (Wildman–Crippen LogP) is 6.00. The van der Waals surface area contributed by atoms with E-state index in [4.69, 9.17) is 4.98 Å². The molecule has 0 fully saturated rings. The Kier molecular flexibility index (Phi) is 7.09. The number of aryl methyl sites for hydroxylation is 2. The lowest BCUT2D eigenvalue weighted by Gasteiger charge is -2.11. The van der Waals surface area contributed by atoms with Crippen LogP contribution < -0.4 is 16.4 Å². The highest BCUT2D eigenvalue weighted by Gasteiger charge is 2.32. The third kappa shape index (κ3) is 4.88. The minimum absolute atomic E-state index is 0.295. The summed E-state index contributed by atoms with van der Waals surface area (Å²) in [5.41, 5.74) is 10.8. The molecule has 4 heterocycles. The van der Waals surface area contributed by atoms with Crippen LogP contribution in [0.3, 0.4) is 0 Å². The van der Waals surface area contributed by atoms with Crippen LogP contribution in [0, 0.1) is 13.8 Å². The Hall–Kier alpha value is -4.31. The number of hydrogen-bond donors (Lipinski definition) is 0. The van der Waals surface area contributed by atoms with Crippen molar-refractivity contribution in [3.8, 4) is 11.1 Å². The molecule has 1 aliphatic heterocycles. The van der Waals surface area contributed by atoms with E-state index in [2.05, 4.69) is 88.8 Å². The van der Waals surface area contributed by atoms with E-state index in [-0.39, 0.29) is 0 Å². The van der Waals surface area contributed by atoms with Crippen molar-refractivity contribution in [2.75, 3.05) is 0 Å². The molecular weight excluding hydrogens is 449 g/mol. The van der Waals surface area contributed by atoms with Gasteiger partial charge in [-0.1, -0.05) is 97.0 Å². The molecule has 4 heteroatoms. The predicted molar refractivity (Wildman–Crippen MR) is 159 cm³/mol. The molecule has 37 heavy (non-hydrogen) atoms. The quantitative estimate of drug-likeness (QED) is 0.271. The normalized spacial score (nSPS) is 11.2. The molecular formula is C33H30BN3. The molecule has 0 saturated heterocycles. The minimum atomic E-state index is 0.295. The number of hydrogen-bond acceptors (Lipinski definition) is 3. The van der Waals surface area contributed by atoms with E-state index in [1.54, 1.807) is 6.20 Å². The molecule has 0 bridgehead atoms. The first kappa shape index (κ1) is 24.4. The smallest absolute Gasteiger partial charge is 0.242 e. The summed E-state index contributed by atoms with van der Waals surface area (Å²) >= 11 is 0. The lowest BCUT2D eigenvalue weighted by molar-refractivity contribution is 1.20. The molecule has 0 N–H and O–H groups in total. The summed E-state index contributed by atoms with van der Waals surface area (Å²) in [5, 5.41) is 2.29. The van der Waals surface area contributed by atoms with Gasteiger partial charge in [-0.2, -0.15) is 0 Å². The lowest BCUT2D eigenvalue weighted by atomic mass is 9.39. The second-order valence-electron chi connectivity index (χ2n) is 9.02. The zero-order chi connectivity index (χ0) is 25.8. The first-order valence-corrected chi connectivity index (χ1v) is 12.9. The number of rotatable bonds is 1. The Balaban J connectivity index is 0.000000181. The van der Waals surface area contributed by atoms with Crippen molar-refractivity contribution in [2.24, 2.45) is 0 Å². The van der Waals surface area contributed by atoms with Crippen LogP contribution in [0.5, 0.6) is 0 Å². The van der Waals surface area contributed by atoms with Crippen LogP contribution >= 0.6 is 0 Å². The number of fused-ring (bicyclic) bond motifs is 5. The zero-order valence-corrected chi connectivity index (χ0v) is 21.8. The molecule has 7 rings (SSSR count). The fourth-order valence-electron chi connectivity index (χ4n) is 4.98. The fourth-order valence-corrected chi connectivity index (χ4v) is 4.98. The van der Waals surface area contributed by atoms with Crippen molar-refractivity contribution in [3.05, 3.63) is 121 Å². The van der Waals surface area contributed by atoms with Crippen molar-refractivity contribution >= 4 is 45.0 Å². The van der Waals surface area contributed by atoms with Crippen molar-refractivity contribution in [1.29, 1.82) is 0 Å². The Morgan fingerprint density at radius 3 is 1.86 bits per heavy atom. The zero-order valence-electron chi connectivity index (χ0n) is 21.8. The van der Waals surface area contributed by atoms with E-state index in [0.29, 0.717) is 6.71 Å². The van der Waals surface area contributed by atoms with Gasteiger partial charge in [-0.3, -0.25) is 4.98 Å². The van der Waals surface area contributed by atoms with Crippen LogP contribution in [0.1, 0.15) is 25.2 Å². The summed E-state index contributed by atoms with van der Waals surface area (Å²) in [5.74, 6) is 0.